The largest absolute Gasteiger partial charge is 0.453 e. The summed E-state index contributed by atoms with van der Waals surface area (Å²) in [7, 11) is -2.15. The topological polar surface area (TPSA) is 75.7 Å². The maximum absolute atomic E-state index is 14.4. The van der Waals surface area contributed by atoms with Crippen LogP contribution in [0.3, 0.4) is 0 Å². The minimum atomic E-state index is -3.45. The summed E-state index contributed by atoms with van der Waals surface area (Å²) >= 11 is 0. The number of nitrogens with one attached hydrogen (secondary N) is 1. The van der Waals surface area contributed by atoms with Crippen molar-refractivity contribution in [2.45, 2.75) is 31.3 Å². The average molecular weight is 421 g/mol. The summed E-state index contributed by atoms with van der Waals surface area (Å²) in [4.78, 5) is 13.8. The zero-order chi connectivity index (χ0) is 21.0. The molecule has 2 atom stereocenters. The number of ether oxygens (including phenoxy) is 1. The van der Waals surface area contributed by atoms with Crippen LogP contribution in [0.15, 0.2) is 48.5 Å². The zero-order valence-corrected chi connectivity index (χ0v) is 17.3. The molecule has 6 nitrogen and oxygen atoms in total. The van der Waals surface area contributed by atoms with Gasteiger partial charge in [-0.05, 0) is 42.5 Å². The molecular weight excluding hydrogens is 395 g/mol. The predicted molar refractivity (Wildman–Crippen MR) is 109 cm³/mol. The van der Waals surface area contributed by atoms with Crippen molar-refractivity contribution in [1.29, 1.82) is 0 Å². The lowest BCUT2D eigenvalue weighted by Crippen LogP contribution is -2.57. The summed E-state index contributed by atoms with van der Waals surface area (Å²) in [6, 6.07) is 13.2. The van der Waals surface area contributed by atoms with Gasteiger partial charge in [-0.2, -0.15) is 0 Å². The van der Waals surface area contributed by atoms with Gasteiger partial charge in [-0.3, -0.25) is 0 Å². The summed E-state index contributed by atoms with van der Waals surface area (Å²) in [5.74, 6) is -0.334. The highest BCUT2D eigenvalue weighted by Crippen LogP contribution is 2.27. The Morgan fingerprint density at radius 1 is 1.24 bits per heavy atom. The monoisotopic (exact) mass is 420 g/mol. The van der Waals surface area contributed by atoms with Crippen LogP contribution in [-0.2, 0) is 21.2 Å². The van der Waals surface area contributed by atoms with Crippen LogP contribution in [-0.4, -0.2) is 51.4 Å². The molecule has 29 heavy (non-hydrogen) atoms. The van der Waals surface area contributed by atoms with Gasteiger partial charge in [-0.1, -0.05) is 36.4 Å². The van der Waals surface area contributed by atoms with Gasteiger partial charge >= 0.3 is 6.09 Å². The van der Waals surface area contributed by atoms with E-state index in [4.69, 9.17) is 4.74 Å². The van der Waals surface area contributed by atoms with Crippen LogP contribution in [0.25, 0.3) is 11.1 Å². The third kappa shape index (κ3) is 5.33. The molecule has 0 saturated carbocycles. The normalized spacial score (nSPS) is 19.8. The van der Waals surface area contributed by atoms with Crippen LogP contribution >= 0.6 is 0 Å². The molecule has 0 unspecified atom stereocenters. The number of benzene rings is 2. The lowest BCUT2D eigenvalue weighted by Gasteiger charge is -2.40. The Balaban J connectivity index is 1.93. The van der Waals surface area contributed by atoms with E-state index in [2.05, 4.69) is 4.72 Å². The van der Waals surface area contributed by atoms with E-state index in [9.17, 15) is 17.6 Å². The smallest absolute Gasteiger partial charge is 0.409 e. The fourth-order valence-corrected chi connectivity index (χ4v) is 4.67. The second kappa shape index (κ2) is 8.92. The Morgan fingerprint density at radius 2 is 1.97 bits per heavy atom. The first kappa shape index (κ1) is 21.3. The number of methoxy groups -OCH3 is 1. The van der Waals surface area contributed by atoms with Crippen molar-refractivity contribution in [3.63, 3.8) is 0 Å². The lowest BCUT2D eigenvalue weighted by atomic mass is 9.90. The van der Waals surface area contributed by atoms with Crippen molar-refractivity contribution in [1.82, 2.24) is 9.62 Å². The highest BCUT2D eigenvalue weighted by Gasteiger charge is 2.36. The van der Waals surface area contributed by atoms with Crippen molar-refractivity contribution in [2.24, 2.45) is 0 Å². The quantitative estimate of drug-likeness (QED) is 0.806. The van der Waals surface area contributed by atoms with E-state index in [-0.39, 0.29) is 5.82 Å². The SMILES string of the molecule is COC(=O)N1CCC[C@H](NS(C)(=O)=O)[C@@H]1Cc1ccc(F)c(-c2ccccc2)c1. The molecule has 1 fully saturated rings. The number of carbonyl (C=O) groups is 1. The third-order valence-corrected chi connectivity index (χ3v) is 5.84. The molecule has 0 aliphatic carbocycles. The third-order valence-electron chi connectivity index (χ3n) is 5.11. The number of hydrogen-bond donors (Lipinski definition) is 1. The minimum absolute atomic E-state index is 0.334. The van der Waals surface area contributed by atoms with Crippen molar-refractivity contribution < 1.29 is 22.3 Å². The first-order valence-electron chi connectivity index (χ1n) is 9.44. The molecule has 1 amide bonds. The Kier molecular flexibility index (Phi) is 6.54. The van der Waals surface area contributed by atoms with Gasteiger partial charge in [-0.15, -0.1) is 0 Å². The van der Waals surface area contributed by atoms with Crippen LogP contribution in [0, 0.1) is 5.82 Å². The molecule has 0 radical (unpaired) electrons. The highest BCUT2D eigenvalue weighted by molar-refractivity contribution is 7.88. The van der Waals surface area contributed by atoms with Crippen LogP contribution in [0.1, 0.15) is 18.4 Å². The summed E-state index contributed by atoms with van der Waals surface area (Å²) in [6.07, 6.45) is 2.25. The number of nitrogens with zero attached hydrogens (tertiary/aromatic N) is 1. The van der Waals surface area contributed by atoms with E-state index >= 15 is 0 Å². The predicted octanol–water partition coefficient (Wildman–Crippen LogP) is 3.18. The van der Waals surface area contributed by atoms with Gasteiger partial charge < -0.3 is 9.64 Å². The van der Waals surface area contributed by atoms with Gasteiger partial charge in [0.05, 0.1) is 19.4 Å². The zero-order valence-electron chi connectivity index (χ0n) is 16.5. The fraction of sp³-hybridized carbons (Fsp3) is 0.381. The van der Waals surface area contributed by atoms with E-state index in [1.54, 1.807) is 17.0 Å². The number of piperidine rings is 1. The van der Waals surface area contributed by atoms with E-state index < -0.39 is 28.2 Å². The standard InChI is InChI=1S/C21H25FN2O4S/c1-28-21(25)24-12-6-9-19(23-29(2,26)27)20(24)14-15-10-11-18(22)17(13-15)16-7-4-3-5-8-16/h3-5,7-8,10-11,13,19-20,23H,6,9,12,14H2,1-2H3/t19-,20-/m0/s1. The highest BCUT2D eigenvalue weighted by atomic mass is 32.2. The first-order chi connectivity index (χ1) is 13.8. The lowest BCUT2D eigenvalue weighted by molar-refractivity contribution is 0.0792. The molecule has 0 bridgehead atoms. The molecule has 156 valence electrons. The van der Waals surface area contributed by atoms with Crippen LogP contribution < -0.4 is 4.72 Å². The number of halogens is 1. The Labute approximate surface area is 170 Å². The number of rotatable bonds is 5. The van der Waals surface area contributed by atoms with Crippen LogP contribution in [0.5, 0.6) is 0 Å². The van der Waals surface area contributed by atoms with E-state index in [1.807, 2.05) is 30.3 Å². The van der Waals surface area contributed by atoms with Crippen molar-refractivity contribution >= 4 is 16.1 Å². The first-order valence-corrected chi connectivity index (χ1v) is 11.3. The minimum Gasteiger partial charge on any atom is -0.453 e. The molecule has 2 aromatic rings. The Hall–Kier alpha value is -2.45. The van der Waals surface area contributed by atoms with Gasteiger partial charge in [0.1, 0.15) is 5.82 Å². The molecule has 1 saturated heterocycles. The Bertz CT molecular complexity index is 966. The molecule has 1 N–H and O–H groups in total. The molecule has 3 rings (SSSR count). The average Bonchev–Trinajstić information content (AvgIpc) is 2.69. The van der Waals surface area contributed by atoms with Gasteiger partial charge in [0.15, 0.2) is 0 Å². The molecule has 1 aliphatic heterocycles. The molecule has 0 aromatic heterocycles. The van der Waals surface area contributed by atoms with Crippen molar-refractivity contribution in [3.05, 3.63) is 59.9 Å². The van der Waals surface area contributed by atoms with E-state index in [0.29, 0.717) is 31.4 Å². The fourth-order valence-electron chi connectivity index (χ4n) is 3.85. The van der Waals surface area contributed by atoms with Gasteiger partial charge in [0.2, 0.25) is 10.0 Å². The molecule has 8 heteroatoms. The summed E-state index contributed by atoms with van der Waals surface area (Å²) in [5, 5.41) is 0. The summed E-state index contributed by atoms with van der Waals surface area (Å²) in [6.45, 7) is 0.478. The van der Waals surface area contributed by atoms with E-state index in [0.717, 1.165) is 17.4 Å². The maximum Gasteiger partial charge on any atom is 0.409 e. The second-order valence-electron chi connectivity index (χ2n) is 7.25. The maximum atomic E-state index is 14.4. The Morgan fingerprint density at radius 3 is 2.62 bits per heavy atom. The number of hydrogen-bond acceptors (Lipinski definition) is 4. The number of carbonyl (C=O) groups excluding carboxylic acids is 1. The number of amides is 1. The number of likely N-dealkylation sites (tertiary alicyclic amines) is 1. The molecule has 1 heterocycles. The summed E-state index contributed by atoms with van der Waals surface area (Å²) in [5.41, 5.74) is 2.04. The van der Waals surface area contributed by atoms with Crippen molar-refractivity contribution in [2.75, 3.05) is 19.9 Å². The van der Waals surface area contributed by atoms with E-state index in [1.165, 1.54) is 13.2 Å². The van der Waals surface area contributed by atoms with Crippen LogP contribution in [0.4, 0.5) is 9.18 Å². The van der Waals surface area contributed by atoms with Gasteiger partial charge in [-0.25, -0.2) is 22.3 Å². The molecule has 1 aliphatic rings. The summed E-state index contributed by atoms with van der Waals surface area (Å²) < 4.78 is 45.6. The van der Waals surface area contributed by atoms with Crippen molar-refractivity contribution in [3.8, 4) is 11.1 Å². The van der Waals surface area contributed by atoms with Gasteiger partial charge in [0.25, 0.3) is 0 Å². The molecule has 2 aromatic carbocycles. The second-order valence-corrected chi connectivity index (χ2v) is 9.03. The van der Waals surface area contributed by atoms with Gasteiger partial charge in [0, 0.05) is 18.2 Å². The molecule has 0 spiro atoms. The van der Waals surface area contributed by atoms with Crippen LogP contribution in [0.2, 0.25) is 0 Å². The number of sulfonamides is 1. The molecular formula is C21H25FN2O4S.